The van der Waals surface area contributed by atoms with Gasteiger partial charge >= 0.3 is 0 Å². The van der Waals surface area contributed by atoms with Crippen molar-refractivity contribution < 1.29 is 0 Å². The fourth-order valence-corrected chi connectivity index (χ4v) is 10.0. The van der Waals surface area contributed by atoms with Crippen molar-refractivity contribution >= 4 is 60.3 Å². The molecule has 0 amide bonds. The highest BCUT2D eigenvalue weighted by Gasteiger charge is 2.24. The normalized spacial score (nSPS) is 12.8. The van der Waals surface area contributed by atoms with E-state index in [0.29, 0.717) is 0 Å². The van der Waals surface area contributed by atoms with Crippen LogP contribution in [0.1, 0.15) is 18.4 Å². The summed E-state index contributed by atoms with van der Waals surface area (Å²) in [6.45, 7) is 0. The second-order valence-electron chi connectivity index (χ2n) is 16.8. The third-order valence-corrected chi connectivity index (χ3v) is 13.1. The molecule has 0 N–H and O–H groups in total. The van der Waals surface area contributed by atoms with Gasteiger partial charge < -0.3 is 9.47 Å². The average Bonchev–Trinajstić information content (AvgIpc) is 3.71. The molecule has 0 spiro atoms. The summed E-state index contributed by atoms with van der Waals surface area (Å²) in [5.41, 5.74) is 17.0. The van der Waals surface area contributed by atoms with Crippen LogP contribution in [-0.2, 0) is 0 Å². The van der Waals surface area contributed by atoms with Crippen LogP contribution in [0.5, 0.6) is 0 Å². The molecule has 12 rings (SSSR count). The zero-order valence-corrected chi connectivity index (χ0v) is 35.4. The largest absolute Gasteiger partial charge is 0.314 e. The first kappa shape index (κ1) is 37.6. The Labute approximate surface area is 373 Å². The quantitative estimate of drug-likeness (QED) is 0.148. The van der Waals surface area contributed by atoms with Gasteiger partial charge in [-0.25, -0.2) is 0 Å². The number of benzene rings is 10. The Morgan fingerprint density at radius 1 is 0.344 bits per heavy atom. The van der Waals surface area contributed by atoms with E-state index in [0.717, 1.165) is 24.2 Å². The SMILES string of the molecule is C1=C(c2ccccc2-n2c3ccccc3c3ccccc32)CCC(N(c2ccc(-c3ccc4ccccc4c3)cc2)c2cc(-c3cccc4ccccc34)ccc2-c2ccccc2)=C1. The van der Waals surface area contributed by atoms with Crippen molar-refractivity contribution in [3.63, 3.8) is 0 Å². The summed E-state index contributed by atoms with van der Waals surface area (Å²) in [6, 6.07) is 84.3. The van der Waals surface area contributed by atoms with Crippen LogP contribution >= 0.6 is 0 Å². The van der Waals surface area contributed by atoms with Crippen LogP contribution in [-0.4, -0.2) is 4.57 Å². The topological polar surface area (TPSA) is 8.17 Å². The minimum atomic E-state index is 0.868. The third kappa shape index (κ3) is 6.60. The standard InChI is InChI=1S/C62H44N2/c1-2-16-46(17-3-1)56-40-35-50(54-25-14-20-45-18-6-7-21-53(45)54)42-62(56)63(51-36-31-44(32-37-51)49-30-29-43-15-4-5-19-48(43)41-49)52-38-33-47(34-39-52)55-22-8-11-26-59(55)64-60-27-12-9-23-57(60)58-24-10-13-28-61(58)64/h1-33,35-38,40-42H,34,39H2. The molecule has 1 aliphatic rings. The Bertz CT molecular complexity index is 3550. The van der Waals surface area contributed by atoms with Crippen molar-refractivity contribution in [2.75, 3.05) is 4.90 Å². The summed E-state index contributed by atoms with van der Waals surface area (Å²) in [5, 5.41) is 7.54. The molecule has 10 aromatic carbocycles. The smallest absolute Gasteiger partial charge is 0.0542 e. The van der Waals surface area contributed by atoms with Crippen LogP contribution in [0.15, 0.2) is 248 Å². The van der Waals surface area contributed by atoms with Gasteiger partial charge in [0.2, 0.25) is 0 Å². The maximum Gasteiger partial charge on any atom is 0.0542 e. The van der Waals surface area contributed by atoms with E-state index in [4.69, 9.17) is 0 Å². The van der Waals surface area contributed by atoms with Crippen molar-refractivity contribution in [1.29, 1.82) is 0 Å². The minimum Gasteiger partial charge on any atom is -0.314 e. The molecule has 302 valence electrons. The molecule has 11 aromatic rings. The molecule has 0 saturated heterocycles. The van der Waals surface area contributed by atoms with E-state index in [1.54, 1.807) is 0 Å². The lowest BCUT2D eigenvalue weighted by Crippen LogP contribution is -2.19. The molecular formula is C62H44N2. The van der Waals surface area contributed by atoms with Gasteiger partial charge in [0, 0.05) is 33.3 Å². The molecule has 2 nitrogen and oxygen atoms in total. The van der Waals surface area contributed by atoms with Crippen molar-refractivity contribution in [3.8, 4) is 39.1 Å². The van der Waals surface area contributed by atoms with Gasteiger partial charge in [-0.05, 0) is 116 Å². The predicted octanol–water partition coefficient (Wildman–Crippen LogP) is 17.0. The number of anilines is 2. The number of nitrogens with zero attached hydrogens (tertiary/aromatic N) is 2. The van der Waals surface area contributed by atoms with E-state index < -0.39 is 0 Å². The molecule has 1 heterocycles. The summed E-state index contributed by atoms with van der Waals surface area (Å²) < 4.78 is 2.45. The molecule has 64 heavy (non-hydrogen) atoms. The number of para-hydroxylation sites is 3. The van der Waals surface area contributed by atoms with Crippen LogP contribution in [0.25, 0.3) is 88.0 Å². The highest BCUT2D eigenvalue weighted by atomic mass is 15.2. The Morgan fingerprint density at radius 3 is 1.72 bits per heavy atom. The number of allylic oxidation sites excluding steroid dienone is 4. The van der Waals surface area contributed by atoms with Crippen LogP contribution in [0, 0.1) is 0 Å². The van der Waals surface area contributed by atoms with Gasteiger partial charge in [-0.2, -0.15) is 0 Å². The van der Waals surface area contributed by atoms with Crippen LogP contribution in [0.2, 0.25) is 0 Å². The molecular weight excluding hydrogens is 773 g/mol. The van der Waals surface area contributed by atoms with Gasteiger partial charge in [0.25, 0.3) is 0 Å². The minimum absolute atomic E-state index is 0.868. The molecule has 0 saturated carbocycles. The van der Waals surface area contributed by atoms with Gasteiger partial charge in [-0.3, -0.25) is 0 Å². The van der Waals surface area contributed by atoms with Gasteiger partial charge in [0.1, 0.15) is 0 Å². The van der Waals surface area contributed by atoms with Crippen molar-refractivity contribution in [3.05, 3.63) is 254 Å². The van der Waals surface area contributed by atoms with Crippen LogP contribution in [0.4, 0.5) is 11.4 Å². The Morgan fingerprint density at radius 2 is 0.953 bits per heavy atom. The molecule has 1 aromatic heterocycles. The Hall–Kier alpha value is -8.20. The molecule has 0 fully saturated rings. The second kappa shape index (κ2) is 15.9. The monoisotopic (exact) mass is 816 g/mol. The number of rotatable bonds is 8. The van der Waals surface area contributed by atoms with Gasteiger partial charge in [0.15, 0.2) is 0 Å². The first-order valence-electron chi connectivity index (χ1n) is 22.3. The number of hydrogen-bond acceptors (Lipinski definition) is 1. The summed E-state index contributed by atoms with van der Waals surface area (Å²) in [4.78, 5) is 2.52. The van der Waals surface area contributed by atoms with Gasteiger partial charge in [-0.15, -0.1) is 0 Å². The summed E-state index contributed by atoms with van der Waals surface area (Å²) in [5.74, 6) is 0. The lowest BCUT2D eigenvalue weighted by atomic mass is 9.91. The first-order valence-corrected chi connectivity index (χ1v) is 22.3. The van der Waals surface area contributed by atoms with E-state index in [1.807, 2.05) is 0 Å². The summed E-state index contributed by atoms with van der Waals surface area (Å²) in [7, 11) is 0. The molecule has 1 aliphatic carbocycles. The maximum absolute atomic E-state index is 2.52. The predicted molar refractivity (Wildman–Crippen MR) is 272 cm³/mol. The van der Waals surface area contributed by atoms with Crippen molar-refractivity contribution in [2.24, 2.45) is 0 Å². The molecule has 0 bridgehead atoms. The maximum atomic E-state index is 2.52. The van der Waals surface area contributed by atoms with E-state index in [1.165, 1.54) is 99.3 Å². The summed E-state index contributed by atoms with van der Waals surface area (Å²) >= 11 is 0. The highest BCUT2D eigenvalue weighted by Crippen LogP contribution is 2.45. The summed E-state index contributed by atoms with van der Waals surface area (Å²) in [6.07, 6.45) is 6.51. The van der Waals surface area contributed by atoms with E-state index in [-0.39, 0.29) is 0 Å². The first-order chi connectivity index (χ1) is 31.7. The fraction of sp³-hybridized carbons (Fsp3) is 0.0323. The van der Waals surface area contributed by atoms with Crippen molar-refractivity contribution in [2.45, 2.75) is 12.8 Å². The number of aromatic nitrogens is 1. The fourth-order valence-electron chi connectivity index (χ4n) is 10.0. The number of fused-ring (bicyclic) bond motifs is 5. The highest BCUT2D eigenvalue weighted by molar-refractivity contribution is 6.09. The van der Waals surface area contributed by atoms with E-state index in [9.17, 15) is 0 Å². The van der Waals surface area contributed by atoms with Crippen LogP contribution < -0.4 is 4.90 Å². The molecule has 0 atom stereocenters. The molecule has 2 heteroatoms. The molecule has 0 aliphatic heterocycles. The zero-order chi connectivity index (χ0) is 42.4. The van der Waals surface area contributed by atoms with E-state index >= 15 is 0 Å². The Balaban J connectivity index is 1.03. The lowest BCUT2D eigenvalue weighted by Gasteiger charge is -2.32. The lowest BCUT2D eigenvalue weighted by molar-refractivity contribution is 0.929. The van der Waals surface area contributed by atoms with Crippen molar-refractivity contribution in [1.82, 2.24) is 4.57 Å². The van der Waals surface area contributed by atoms with Gasteiger partial charge in [-0.1, -0.05) is 194 Å². The molecule has 0 radical (unpaired) electrons. The Kier molecular flexibility index (Phi) is 9.34. The zero-order valence-electron chi connectivity index (χ0n) is 35.4. The third-order valence-electron chi connectivity index (χ3n) is 13.1. The van der Waals surface area contributed by atoms with Crippen LogP contribution in [0.3, 0.4) is 0 Å². The molecule has 0 unspecified atom stereocenters. The van der Waals surface area contributed by atoms with Gasteiger partial charge in [0.05, 0.1) is 22.4 Å². The average molecular weight is 817 g/mol. The second-order valence-corrected chi connectivity index (χ2v) is 16.8. The van der Waals surface area contributed by atoms with E-state index in [2.05, 4.69) is 252 Å². The number of hydrogen-bond donors (Lipinski definition) is 0.